The van der Waals surface area contributed by atoms with Crippen LogP contribution in [0.1, 0.15) is 38.5 Å². The first-order valence-corrected chi connectivity index (χ1v) is 6.01. The molecule has 2 saturated heterocycles. The molecule has 3 heteroatoms. The maximum atomic E-state index is 10.3. The topological polar surface area (TPSA) is 53.2 Å². The van der Waals surface area contributed by atoms with Crippen molar-refractivity contribution in [2.75, 3.05) is 0 Å². The SMILES string of the molecule is N#CC1(C(O)C2CCC2)CC2CCC1O2. The molecular formula is C12H17NO2. The number of rotatable bonds is 2. The first kappa shape index (κ1) is 9.62. The summed E-state index contributed by atoms with van der Waals surface area (Å²) in [7, 11) is 0. The van der Waals surface area contributed by atoms with Gasteiger partial charge in [0.25, 0.3) is 0 Å². The van der Waals surface area contributed by atoms with E-state index < -0.39 is 11.5 Å². The number of nitrogens with zero attached hydrogens (tertiary/aromatic N) is 1. The number of nitriles is 1. The molecule has 3 aliphatic rings. The Labute approximate surface area is 90.0 Å². The van der Waals surface area contributed by atoms with Crippen molar-refractivity contribution in [3.05, 3.63) is 0 Å². The molecule has 0 amide bonds. The Bertz CT molecular complexity index is 307. The van der Waals surface area contributed by atoms with Gasteiger partial charge in [-0.2, -0.15) is 5.26 Å². The third-order valence-corrected chi connectivity index (χ3v) is 4.58. The first-order chi connectivity index (χ1) is 7.26. The van der Waals surface area contributed by atoms with Crippen molar-refractivity contribution in [2.24, 2.45) is 11.3 Å². The molecule has 0 spiro atoms. The number of ether oxygens (including phenoxy) is 1. The van der Waals surface area contributed by atoms with E-state index in [-0.39, 0.29) is 12.2 Å². The summed E-state index contributed by atoms with van der Waals surface area (Å²) in [5.41, 5.74) is -0.575. The van der Waals surface area contributed by atoms with Crippen LogP contribution < -0.4 is 0 Å². The second kappa shape index (κ2) is 3.20. The zero-order valence-corrected chi connectivity index (χ0v) is 8.85. The predicted molar refractivity (Wildman–Crippen MR) is 53.9 cm³/mol. The van der Waals surface area contributed by atoms with Crippen molar-refractivity contribution in [2.45, 2.75) is 56.8 Å². The van der Waals surface area contributed by atoms with Gasteiger partial charge in [-0.3, -0.25) is 0 Å². The van der Waals surface area contributed by atoms with Gasteiger partial charge < -0.3 is 9.84 Å². The Kier molecular flexibility index (Phi) is 2.05. The van der Waals surface area contributed by atoms with Crippen LogP contribution >= 0.6 is 0 Å². The monoisotopic (exact) mass is 207 g/mol. The van der Waals surface area contributed by atoms with Crippen LogP contribution in [0, 0.1) is 22.7 Å². The summed E-state index contributed by atoms with van der Waals surface area (Å²) < 4.78 is 5.74. The van der Waals surface area contributed by atoms with Crippen LogP contribution in [0.4, 0.5) is 0 Å². The van der Waals surface area contributed by atoms with Crippen LogP contribution in [-0.4, -0.2) is 23.4 Å². The molecule has 1 N–H and O–H groups in total. The molecule has 2 bridgehead atoms. The largest absolute Gasteiger partial charge is 0.391 e. The molecule has 1 saturated carbocycles. The lowest BCUT2D eigenvalue weighted by molar-refractivity contribution is -0.0485. The van der Waals surface area contributed by atoms with Gasteiger partial charge in [0.15, 0.2) is 0 Å². The smallest absolute Gasteiger partial charge is 0.112 e. The minimum absolute atomic E-state index is 0.00287. The molecule has 0 aromatic rings. The highest BCUT2D eigenvalue weighted by molar-refractivity contribution is 5.17. The average Bonchev–Trinajstić information content (AvgIpc) is 2.74. The van der Waals surface area contributed by atoms with Gasteiger partial charge in [-0.05, 0) is 38.0 Å². The van der Waals surface area contributed by atoms with E-state index in [2.05, 4.69) is 6.07 Å². The Balaban J connectivity index is 1.83. The van der Waals surface area contributed by atoms with E-state index in [0.717, 1.165) is 32.1 Å². The molecule has 1 aliphatic carbocycles. The number of aliphatic hydroxyl groups excluding tert-OH is 1. The summed E-state index contributed by atoms with van der Waals surface area (Å²) in [4.78, 5) is 0. The molecule has 0 aromatic carbocycles. The Morgan fingerprint density at radius 2 is 2.13 bits per heavy atom. The van der Waals surface area contributed by atoms with Gasteiger partial charge in [0.2, 0.25) is 0 Å². The third-order valence-electron chi connectivity index (χ3n) is 4.58. The van der Waals surface area contributed by atoms with Crippen molar-refractivity contribution < 1.29 is 9.84 Å². The van der Waals surface area contributed by atoms with Crippen LogP contribution in [0.5, 0.6) is 0 Å². The molecule has 4 unspecified atom stereocenters. The fraction of sp³-hybridized carbons (Fsp3) is 0.917. The maximum Gasteiger partial charge on any atom is 0.112 e. The zero-order chi connectivity index (χ0) is 10.5. The van der Waals surface area contributed by atoms with Gasteiger partial charge >= 0.3 is 0 Å². The van der Waals surface area contributed by atoms with Gasteiger partial charge in [-0.1, -0.05) is 6.42 Å². The van der Waals surface area contributed by atoms with E-state index in [1.165, 1.54) is 6.42 Å². The standard InChI is InChI=1S/C12H17NO2/c13-7-12(11(14)8-2-1-3-8)6-9-4-5-10(12)15-9/h8-11,14H,1-6H2. The summed E-state index contributed by atoms with van der Waals surface area (Å²) in [6, 6.07) is 2.38. The van der Waals surface area contributed by atoms with Crippen LogP contribution in [0.25, 0.3) is 0 Å². The summed E-state index contributed by atoms with van der Waals surface area (Å²) in [6.07, 6.45) is 5.96. The van der Waals surface area contributed by atoms with Crippen LogP contribution in [0.15, 0.2) is 0 Å². The van der Waals surface area contributed by atoms with E-state index in [1.807, 2.05) is 0 Å². The lowest BCUT2D eigenvalue weighted by Gasteiger charge is -2.41. The predicted octanol–water partition coefficient (Wildman–Crippen LogP) is 1.61. The van der Waals surface area contributed by atoms with Crippen molar-refractivity contribution in [1.29, 1.82) is 5.26 Å². The molecule has 3 rings (SSSR count). The van der Waals surface area contributed by atoms with Crippen molar-refractivity contribution in [3.63, 3.8) is 0 Å². The number of hydrogen-bond acceptors (Lipinski definition) is 3. The molecule has 0 aromatic heterocycles. The Morgan fingerprint density at radius 1 is 1.33 bits per heavy atom. The first-order valence-electron chi connectivity index (χ1n) is 6.01. The molecule has 0 radical (unpaired) electrons. The van der Waals surface area contributed by atoms with E-state index in [9.17, 15) is 10.4 Å². The molecule has 4 atom stereocenters. The fourth-order valence-electron chi connectivity index (χ4n) is 3.41. The van der Waals surface area contributed by atoms with Gasteiger partial charge in [0.1, 0.15) is 5.41 Å². The molecule has 3 fully saturated rings. The average molecular weight is 207 g/mol. The molecular weight excluding hydrogens is 190 g/mol. The second-order valence-electron chi connectivity index (χ2n) is 5.32. The number of fused-ring (bicyclic) bond motifs is 2. The van der Waals surface area contributed by atoms with Crippen molar-refractivity contribution in [1.82, 2.24) is 0 Å². The minimum Gasteiger partial charge on any atom is -0.391 e. The zero-order valence-electron chi connectivity index (χ0n) is 8.85. The van der Waals surface area contributed by atoms with Crippen LogP contribution in [0.3, 0.4) is 0 Å². The molecule has 82 valence electrons. The lowest BCUT2D eigenvalue weighted by Crippen LogP contribution is -2.47. The van der Waals surface area contributed by atoms with E-state index in [4.69, 9.17) is 4.74 Å². The van der Waals surface area contributed by atoms with Gasteiger partial charge in [0.05, 0.1) is 24.4 Å². The van der Waals surface area contributed by atoms with Gasteiger partial charge in [0, 0.05) is 0 Å². The second-order valence-corrected chi connectivity index (χ2v) is 5.32. The normalized spacial score (nSPS) is 46.1. The number of aliphatic hydroxyl groups is 1. The van der Waals surface area contributed by atoms with Gasteiger partial charge in [-0.25, -0.2) is 0 Å². The quantitative estimate of drug-likeness (QED) is 0.748. The van der Waals surface area contributed by atoms with E-state index >= 15 is 0 Å². The molecule has 15 heavy (non-hydrogen) atoms. The van der Waals surface area contributed by atoms with Crippen LogP contribution in [0.2, 0.25) is 0 Å². The fourth-order valence-corrected chi connectivity index (χ4v) is 3.41. The van der Waals surface area contributed by atoms with Crippen molar-refractivity contribution >= 4 is 0 Å². The Hall–Kier alpha value is -0.590. The molecule has 2 aliphatic heterocycles. The maximum absolute atomic E-state index is 10.3. The molecule has 3 nitrogen and oxygen atoms in total. The van der Waals surface area contributed by atoms with Crippen LogP contribution in [-0.2, 0) is 4.74 Å². The third kappa shape index (κ3) is 1.18. The summed E-state index contributed by atoms with van der Waals surface area (Å²) in [5.74, 6) is 0.354. The highest BCUT2D eigenvalue weighted by Crippen LogP contribution is 2.52. The van der Waals surface area contributed by atoms with E-state index in [1.54, 1.807) is 0 Å². The van der Waals surface area contributed by atoms with Crippen molar-refractivity contribution in [3.8, 4) is 6.07 Å². The summed E-state index contributed by atoms with van der Waals surface area (Å²) in [5, 5.41) is 19.7. The summed E-state index contributed by atoms with van der Waals surface area (Å²) in [6.45, 7) is 0. The van der Waals surface area contributed by atoms with Gasteiger partial charge in [-0.15, -0.1) is 0 Å². The number of hydrogen-bond donors (Lipinski definition) is 1. The van der Waals surface area contributed by atoms with E-state index in [0.29, 0.717) is 5.92 Å². The molecule has 2 heterocycles. The lowest BCUT2D eigenvalue weighted by atomic mass is 9.64. The summed E-state index contributed by atoms with van der Waals surface area (Å²) >= 11 is 0. The highest BCUT2D eigenvalue weighted by Gasteiger charge is 2.58. The highest BCUT2D eigenvalue weighted by atomic mass is 16.5. The minimum atomic E-state index is -0.575. The Morgan fingerprint density at radius 3 is 2.53 bits per heavy atom.